The monoisotopic (exact) mass is 387 g/mol. The Balaban J connectivity index is 1.99. The predicted molar refractivity (Wildman–Crippen MR) is 107 cm³/mol. The zero-order valence-electron chi connectivity index (χ0n) is 17.3. The number of methoxy groups -OCH3 is 1. The van der Waals surface area contributed by atoms with E-state index in [4.69, 9.17) is 14.2 Å². The van der Waals surface area contributed by atoms with Crippen LogP contribution in [0.4, 0.5) is 0 Å². The van der Waals surface area contributed by atoms with Crippen molar-refractivity contribution in [2.75, 3.05) is 26.9 Å². The Morgan fingerprint density at radius 3 is 2.57 bits per heavy atom. The third kappa shape index (κ3) is 5.70. The van der Waals surface area contributed by atoms with Crippen LogP contribution in [0.25, 0.3) is 0 Å². The van der Waals surface area contributed by atoms with E-state index in [2.05, 4.69) is 13.8 Å². The van der Waals surface area contributed by atoms with Gasteiger partial charge >= 0.3 is 5.97 Å². The molecule has 6 heteroatoms. The van der Waals surface area contributed by atoms with Crippen LogP contribution in [0, 0.1) is 19.8 Å². The first-order valence-corrected chi connectivity index (χ1v) is 9.42. The van der Waals surface area contributed by atoms with Gasteiger partial charge < -0.3 is 18.8 Å². The van der Waals surface area contributed by atoms with Crippen molar-refractivity contribution in [2.45, 2.75) is 34.2 Å². The molecule has 0 aliphatic carbocycles. The van der Waals surface area contributed by atoms with E-state index in [1.807, 2.05) is 24.5 Å². The molecule has 0 saturated carbocycles. The summed E-state index contributed by atoms with van der Waals surface area (Å²) in [6.07, 6.45) is 0. The van der Waals surface area contributed by atoms with Crippen molar-refractivity contribution >= 4 is 11.8 Å². The number of hydrogen-bond acceptors (Lipinski definition) is 5. The third-order valence-electron chi connectivity index (χ3n) is 4.38. The Bertz CT molecular complexity index is 822. The molecule has 28 heavy (non-hydrogen) atoms. The second kappa shape index (κ2) is 10.1. The lowest BCUT2D eigenvalue weighted by Gasteiger charge is -2.10. The van der Waals surface area contributed by atoms with Crippen LogP contribution in [0.5, 0.6) is 5.75 Å². The highest BCUT2D eigenvalue weighted by atomic mass is 16.5. The highest BCUT2D eigenvalue weighted by molar-refractivity contribution is 6.00. The summed E-state index contributed by atoms with van der Waals surface area (Å²) in [5, 5.41) is 0. The van der Waals surface area contributed by atoms with Gasteiger partial charge in [0, 0.05) is 30.6 Å². The maximum Gasteiger partial charge on any atom is 0.338 e. The molecule has 0 bridgehead atoms. The fourth-order valence-electron chi connectivity index (χ4n) is 2.88. The van der Waals surface area contributed by atoms with Crippen LogP contribution in [-0.2, 0) is 16.0 Å². The van der Waals surface area contributed by atoms with Gasteiger partial charge in [-0.25, -0.2) is 4.79 Å². The van der Waals surface area contributed by atoms with Gasteiger partial charge in [0.1, 0.15) is 5.75 Å². The number of Topliss-reactive ketones (excluding diaryl/α,β-unsaturated/α-hetero) is 1. The minimum absolute atomic E-state index is 0.225. The number of esters is 1. The van der Waals surface area contributed by atoms with Gasteiger partial charge in [0.2, 0.25) is 5.78 Å². The number of ether oxygens (including phenoxy) is 3. The number of carbonyl (C=O) groups is 2. The summed E-state index contributed by atoms with van der Waals surface area (Å²) < 4.78 is 18.0. The van der Waals surface area contributed by atoms with E-state index in [0.29, 0.717) is 42.6 Å². The van der Waals surface area contributed by atoms with Crippen LogP contribution in [0.2, 0.25) is 0 Å². The van der Waals surface area contributed by atoms with Gasteiger partial charge in [-0.2, -0.15) is 0 Å². The van der Waals surface area contributed by atoms with Crippen LogP contribution in [0.3, 0.4) is 0 Å². The summed E-state index contributed by atoms with van der Waals surface area (Å²) in [5.41, 5.74) is 2.74. The van der Waals surface area contributed by atoms with Gasteiger partial charge in [-0.1, -0.05) is 19.9 Å². The summed E-state index contributed by atoms with van der Waals surface area (Å²) >= 11 is 0. The van der Waals surface area contributed by atoms with Crippen molar-refractivity contribution in [2.24, 2.45) is 5.92 Å². The van der Waals surface area contributed by atoms with E-state index in [9.17, 15) is 9.59 Å². The number of nitrogens with zero attached hydrogens (tertiary/aromatic N) is 1. The topological polar surface area (TPSA) is 66.8 Å². The van der Waals surface area contributed by atoms with Crippen LogP contribution in [0.1, 0.15) is 46.0 Å². The SMILES string of the molecule is COCCn1c(C)cc(C(=O)COC(=O)c2cccc(OCC(C)C)c2)c1C. The van der Waals surface area contributed by atoms with Gasteiger partial charge in [0.25, 0.3) is 0 Å². The zero-order chi connectivity index (χ0) is 20.7. The molecular weight excluding hydrogens is 358 g/mol. The number of carbonyl (C=O) groups excluding carboxylic acids is 2. The molecule has 2 aromatic rings. The Morgan fingerprint density at radius 1 is 1.14 bits per heavy atom. The molecule has 0 spiro atoms. The molecule has 0 atom stereocenters. The average molecular weight is 387 g/mol. The zero-order valence-corrected chi connectivity index (χ0v) is 17.3. The maximum absolute atomic E-state index is 12.5. The normalized spacial score (nSPS) is 10.9. The molecule has 0 aliphatic heterocycles. The largest absolute Gasteiger partial charge is 0.493 e. The average Bonchev–Trinajstić information content (AvgIpc) is 2.96. The number of aromatic nitrogens is 1. The summed E-state index contributed by atoms with van der Waals surface area (Å²) in [4.78, 5) is 24.9. The summed E-state index contributed by atoms with van der Waals surface area (Å²) in [6.45, 7) is 9.42. The smallest absolute Gasteiger partial charge is 0.338 e. The first-order valence-electron chi connectivity index (χ1n) is 9.42. The predicted octanol–water partition coefficient (Wildman–Crippen LogP) is 3.83. The summed E-state index contributed by atoms with van der Waals surface area (Å²) in [5.74, 6) is 0.223. The van der Waals surface area contributed by atoms with Crippen molar-refractivity contribution in [3.05, 3.63) is 52.8 Å². The van der Waals surface area contributed by atoms with Crippen LogP contribution in [-0.4, -0.2) is 43.3 Å². The molecule has 1 heterocycles. The van der Waals surface area contributed by atoms with E-state index >= 15 is 0 Å². The van der Waals surface area contributed by atoms with Gasteiger partial charge in [-0.15, -0.1) is 0 Å². The molecule has 152 valence electrons. The Morgan fingerprint density at radius 2 is 1.89 bits per heavy atom. The third-order valence-corrected chi connectivity index (χ3v) is 4.38. The minimum Gasteiger partial charge on any atom is -0.493 e. The molecule has 1 aromatic heterocycles. The molecule has 2 rings (SSSR count). The molecular formula is C22H29NO5. The van der Waals surface area contributed by atoms with Gasteiger partial charge in [-0.05, 0) is 44.0 Å². The standard InChI is InChI=1S/C22H29NO5/c1-15(2)13-27-19-8-6-7-18(12-19)22(25)28-14-21(24)20-11-16(3)23(17(20)4)9-10-26-5/h6-8,11-12,15H,9-10,13-14H2,1-5H3. The fourth-order valence-corrected chi connectivity index (χ4v) is 2.88. The molecule has 6 nitrogen and oxygen atoms in total. The highest BCUT2D eigenvalue weighted by Crippen LogP contribution is 2.18. The first-order chi connectivity index (χ1) is 13.3. The lowest BCUT2D eigenvalue weighted by atomic mass is 10.1. The number of hydrogen-bond donors (Lipinski definition) is 0. The molecule has 0 radical (unpaired) electrons. The van der Waals surface area contributed by atoms with Crippen molar-refractivity contribution in [3.8, 4) is 5.75 Å². The fraction of sp³-hybridized carbons (Fsp3) is 0.455. The van der Waals surface area contributed by atoms with Crippen LogP contribution in [0.15, 0.2) is 30.3 Å². The first kappa shape index (κ1) is 21.7. The second-order valence-electron chi connectivity index (χ2n) is 7.16. The van der Waals surface area contributed by atoms with Crippen LogP contribution < -0.4 is 4.74 Å². The molecule has 0 aliphatic rings. The number of aryl methyl sites for hydroxylation is 1. The molecule has 0 saturated heterocycles. The second-order valence-corrected chi connectivity index (χ2v) is 7.16. The molecule has 1 aromatic carbocycles. The maximum atomic E-state index is 12.5. The lowest BCUT2D eigenvalue weighted by Crippen LogP contribution is -2.15. The van der Waals surface area contributed by atoms with Crippen molar-refractivity contribution < 1.29 is 23.8 Å². The van der Waals surface area contributed by atoms with E-state index in [1.54, 1.807) is 31.4 Å². The van der Waals surface area contributed by atoms with Gasteiger partial charge in [-0.3, -0.25) is 4.79 Å². The molecule has 0 N–H and O–H groups in total. The minimum atomic E-state index is -0.545. The Labute approximate surface area is 166 Å². The number of ketones is 1. The molecule has 0 fully saturated rings. The van der Waals surface area contributed by atoms with E-state index in [-0.39, 0.29) is 12.4 Å². The lowest BCUT2D eigenvalue weighted by molar-refractivity contribution is 0.0474. The van der Waals surface area contributed by atoms with Crippen molar-refractivity contribution in [3.63, 3.8) is 0 Å². The number of benzene rings is 1. The quantitative estimate of drug-likeness (QED) is 0.458. The van der Waals surface area contributed by atoms with Crippen molar-refractivity contribution in [1.82, 2.24) is 4.57 Å². The van der Waals surface area contributed by atoms with Crippen LogP contribution >= 0.6 is 0 Å². The Hall–Kier alpha value is -2.60. The van der Waals surface area contributed by atoms with E-state index < -0.39 is 5.97 Å². The summed E-state index contributed by atoms with van der Waals surface area (Å²) in [6, 6.07) is 8.62. The van der Waals surface area contributed by atoms with Gasteiger partial charge in [0.05, 0.1) is 18.8 Å². The highest BCUT2D eigenvalue weighted by Gasteiger charge is 2.18. The Kier molecular flexibility index (Phi) is 7.81. The number of rotatable bonds is 10. The van der Waals surface area contributed by atoms with Gasteiger partial charge in [0.15, 0.2) is 6.61 Å². The summed E-state index contributed by atoms with van der Waals surface area (Å²) in [7, 11) is 1.64. The molecule has 0 amide bonds. The molecule has 0 unspecified atom stereocenters. The van der Waals surface area contributed by atoms with E-state index in [0.717, 1.165) is 11.4 Å². The van der Waals surface area contributed by atoms with Crippen molar-refractivity contribution in [1.29, 1.82) is 0 Å². The van der Waals surface area contributed by atoms with E-state index in [1.165, 1.54) is 0 Å².